The first-order chi connectivity index (χ1) is 8.51. The fraction of sp³-hybridized carbons (Fsp3) is 0.833. The Labute approximate surface area is 108 Å². The summed E-state index contributed by atoms with van der Waals surface area (Å²) < 4.78 is 27.6. The Balaban J connectivity index is 3.74. The van der Waals surface area contributed by atoms with Gasteiger partial charge in [-0.1, -0.05) is 0 Å². The minimum atomic E-state index is -5.29. The monoisotopic (exact) mass is 319 g/mol. The fourth-order valence-corrected chi connectivity index (χ4v) is 1.49. The molecule has 0 rings (SSSR count). The molecule has 0 radical (unpaired) electrons. The van der Waals surface area contributed by atoms with Crippen LogP contribution in [-0.4, -0.2) is 35.9 Å². The van der Waals surface area contributed by atoms with Crippen LogP contribution in [0.3, 0.4) is 0 Å². The average molecular weight is 319 g/mol. The number of rotatable bonds is 9. The molecule has 11 nitrogen and oxygen atoms in total. The van der Waals surface area contributed by atoms with Gasteiger partial charge in [0.2, 0.25) is 0 Å². The molecule has 0 atom stereocenters. The Bertz CT molecular complexity index is 374. The Morgan fingerprint density at radius 2 is 1.58 bits per heavy atom. The van der Waals surface area contributed by atoms with Crippen molar-refractivity contribution < 1.29 is 47.8 Å². The SMILES string of the molecule is O=C(COP(=O)([O-])[O-])N(O)CCCCOP(=O)([O-])[O-]. The zero-order valence-corrected chi connectivity index (χ0v) is 11.3. The smallest absolute Gasteiger partial charge is 0.272 e. The zero-order chi connectivity index (χ0) is 15.1. The molecule has 0 aliphatic heterocycles. The summed E-state index contributed by atoms with van der Waals surface area (Å²) in [5.74, 6) is -1.16. The molecule has 114 valence electrons. The van der Waals surface area contributed by atoms with Gasteiger partial charge in [0.25, 0.3) is 5.91 Å². The predicted molar refractivity (Wildman–Crippen MR) is 49.9 cm³/mol. The van der Waals surface area contributed by atoms with Crippen LogP contribution in [0.1, 0.15) is 12.8 Å². The van der Waals surface area contributed by atoms with Crippen molar-refractivity contribution in [3.05, 3.63) is 0 Å². The number of phosphoric ester groups is 2. The van der Waals surface area contributed by atoms with E-state index < -0.39 is 34.8 Å². The van der Waals surface area contributed by atoms with E-state index in [-0.39, 0.29) is 24.4 Å². The Morgan fingerprint density at radius 1 is 1.05 bits per heavy atom. The van der Waals surface area contributed by atoms with Gasteiger partial charge in [0.05, 0.1) is 22.3 Å². The summed E-state index contributed by atoms with van der Waals surface area (Å²) in [6.45, 7) is -1.82. The summed E-state index contributed by atoms with van der Waals surface area (Å²) in [6.07, 6.45) is 0.135. The number of carbonyl (C=O) groups excluding carboxylic acids is 1. The lowest BCUT2D eigenvalue weighted by atomic mass is 10.3. The van der Waals surface area contributed by atoms with Gasteiger partial charge < -0.3 is 37.8 Å². The predicted octanol–water partition coefficient (Wildman–Crippen LogP) is -3.32. The Kier molecular flexibility index (Phi) is 7.90. The highest BCUT2D eigenvalue weighted by Crippen LogP contribution is 2.25. The van der Waals surface area contributed by atoms with E-state index in [1.54, 1.807) is 0 Å². The van der Waals surface area contributed by atoms with E-state index in [9.17, 15) is 33.5 Å². The molecule has 0 saturated heterocycles. The van der Waals surface area contributed by atoms with Crippen LogP contribution in [0.25, 0.3) is 0 Å². The third-order valence-corrected chi connectivity index (χ3v) is 2.59. The summed E-state index contributed by atoms with van der Waals surface area (Å²) in [5, 5.41) is 9.17. The lowest BCUT2D eigenvalue weighted by Crippen LogP contribution is -2.33. The summed E-state index contributed by atoms with van der Waals surface area (Å²) in [4.78, 5) is 51.2. The molecule has 0 heterocycles. The Hall–Kier alpha value is -0.350. The van der Waals surface area contributed by atoms with Gasteiger partial charge in [0, 0.05) is 6.54 Å². The van der Waals surface area contributed by atoms with Crippen molar-refractivity contribution in [3.63, 3.8) is 0 Å². The standard InChI is InChI=1S/C6H15NO10P2/c8-6(5-17-19(13,14)15)7(9)3-1-2-4-16-18(10,11)12/h9H,1-5H2,(H2,10,11,12)(H2,13,14,15)/p-4. The second-order valence-corrected chi connectivity index (χ2v) is 5.53. The van der Waals surface area contributed by atoms with Gasteiger partial charge in [-0.15, -0.1) is 0 Å². The molecule has 0 aromatic heterocycles. The number of nitrogens with zero attached hydrogens (tertiary/aromatic N) is 1. The summed E-state index contributed by atoms with van der Waals surface area (Å²) >= 11 is 0. The zero-order valence-electron chi connectivity index (χ0n) is 9.50. The molecule has 0 spiro atoms. The van der Waals surface area contributed by atoms with E-state index in [2.05, 4.69) is 9.05 Å². The van der Waals surface area contributed by atoms with E-state index in [1.165, 1.54) is 0 Å². The van der Waals surface area contributed by atoms with Crippen LogP contribution >= 0.6 is 15.6 Å². The van der Waals surface area contributed by atoms with Crippen LogP contribution in [0.2, 0.25) is 0 Å². The minimum absolute atomic E-state index is 0.0568. The molecule has 0 aliphatic carbocycles. The summed E-state index contributed by atoms with van der Waals surface area (Å²) in [5.41, 5.74) is 0. The maximum atomic E-state index is 11.0. The van der Waals surface area contributed by atoms with Gasteiger partial charge in [-0.25, -0.2) is 5.06 Å². The van der Waals surface area contributed by atoms with E-state index in [0.717, 1.165) is 0 Å². The highest BCUT2D eigenvalue weighted by atomic mass is 31.2. The van der Waals surface area contributed by atoms with Crippen LogP contribution in [0.15, 0.2) is 0 Å². The van der Waals surface area contributed by atoms with Crippen LogP contribution in [0.4, 0.5) is 0 Å². The molecule has 0 unspecified atom stereocenters. The van der Waals surface area contributed by atoms with E-state index >= 15 is 0 Å². The van der Waals surface area contributed by atoms with Crippen molar-refractivity contribution in [2.24, 2.45) is 0 Å². The number of phosphoric acid groups is 2. The quantitative estimate of drug-likeness (QED) is 0.195. The van der Waals surface area contributed by atoms with Gasteiger partial charge in [-0.05, 0) is 12.8 Å². The molecule has 19 heavy (non-hydrogen) atoms. The maximum absolute atomic E-state index is 11.0. The van der Waals surface area contributed by atoms with Crippen molar-refractivity contribution in [1.82, 2.24) is 5.06 Å². The molecule has 0 aromatic carbocycles. The van der Waals surface area contributed by atoms with Crippen LogP contribution in [0.5, 0.6) is 0 Å². The Morgan fingerprint density at radius 3 is 2.05 bits per heavy atom. The fourth-order valence-electron chi connectivity index (χ4n) is 0.873. The molecular weight excluding hydrogens is 308 g/mol. The molecule has 0 aliphatic rings. The van der Waals surface area contributed by atoms with E-state index in [4.69, 9.17) is 5.21 Å². The molecule has 0 saturated carbocycles. The number of unbranched alkanes of at least 4 members (excludes halogenated alkanes) is 1. The van der Waals surface area contributed by atoms with Gasteiger partial charge in [0.1, 0.15) is 6.61 Å². The van der Waals surface area contributed by atoms with Crippen LogP contribution in [0, 0.1) is 0 Å². The van der Waals surface area contributed by atoms with Gasteiger partial charge in [-0.2, -0.15) is 0 Å². The first kappa shape index (κ1) is 18.7. The third-order valence-electron chi connectivity index (χ3n) is 1.65. The van der Waals surface area contributed by atoms with Crippen molar-refractivity contribution in [1.29, 1.82) is 0 Å². The van der Waals surface area contributed by atoms with Gasteiger partial charge in [-0.3, -0.25) is 10.0 Å². The lowest BCUT2D eigenvalue weighted by Gasteiger charge is -2.29. The second-order valence-electron chi connectivity index (χ2n) is 3.23. The molecule has 0 bridgehead atoms. The highest BCUT2D eigenvalue weighted by Gasteiger charge is 2.11. The number of amides is 1. The van der Waals surface area contributed by atoms with Crippen LogP contribution in [-0.2, 0) is 23.0 Å². The number of hydroxylamine groups is 2. The third kappa shape index (κ3) is 12.4. The number of carbonyl (C=O) groups is 1. The van der Waals surface area contributed by atoms with Crippen molar-refractivity contribution in [2.75, 3.05) is 19.8 Å². The van der Waals surface area contributed by atoms with Crippen LogP contribution < -0.4 is 19.6 Å². The van der Waals surface area contributed by atoms with Crippen molar-refractivity contribution in [2.45, 2.75) is 12.8 Å². The summed E-state index contributed by atoms with van der Waals surface area (Å²) in [7, 11) is -10.3. The van der Waals surface area contributed by atoms with Crippen molar-refractivity contribution >= 4 is 21.6 Å². The normalized spacial score (nSPS) is 12.5. The molecule has 13 heteroatoms. The second kappa shape index (κ2) is 8.05. The minimum Gasteiger partial charge on any atom is -0.790 e. The van der Waals surface area contributed by atoms with E-state index in [0.29, 0.717) is 0 Å². The first-order valence-electron chi connectivity index (χ1n) is 4.84. The topological polar surface area (TPSA) is 185 Å². The molecule has 1 amide bonds. The van der Waals surface area contributed by atoms with Gasteiger partial charge >= 0.3 is 0 Å². The molecule has 0 fully saturated rings. The molecule has 0 aromatic rings. The molecule has 1 N–H and O–H groups in total. The largest absolute Gasteiger partial charge is 0.790 e. The summed E-state index contributed by atoms with van der Waals surface area (Å²) in [6, 6.07) is 0. The van der Waals surface area contributed by atoms with E-state index in [1.807, 2.05) is 0 Å². The lowest BCUT2D eigenvalue weighted by molar-refractivity contribution is -0.343. The average Bonchev–Trinajstić information content (AvgIpc) is 2.22. The maximum Gasteiger partial charge on any atom is 0.272 e. The van der Waals surface area contributed by atoms with Crippen molar-refractivity contribution in [3.8, 4) is 0 Å². The highest BCUT2D eigenvalue weighted by molar-refractivity contribution is 7.43. The number of hydrogen-bond acceptors (Lipinski definition) is 10. The van der Waals surface area contributed by atoms with Gasteiger partial charge in [0.15, 0.2) is 0 Å². The molecular formula is C6H11NO10P2-4. The first-order valence-corrected chi connectivity index (χ1v) is 7.76. The number of hydrogen-bond donors (Lipinski definition) is 1.